The third kappa shape index (κ3) is 5.26. The Labute approximate surface area is 148 Å². The van der Waals surface area contributed by atoms with Crippen LogP contribution in [0.25, 0.3) is 0 Å². The second-order valence-corrected chi connectivity index (χ2v) is 5.85. The van der Waals surface area contributed by atoms with E-state index >= 15 is 0 Å². The van der Waals surface area contributed by atoms with E-state index in [1.165, 1.54) is 6.20 Å². The van der Waals surface area contributed by atoms with E-state index in [2.05, 4.69) is 0 Å². The minimum atomic E-state index is -4.45. The monoisotopic (exact) mass is 369 g/mol. The van der Waals surface area contributed by atoms with Crippen LogP contribution >= 0.6 is 11.6 Å². The number of Topliss-reactive ketones (excluding diaryl/α,β-unsaturated/α-hetero) is 1. The Kier molecular flexibility index (Phi) is 5.74. The lowest BCUT2D eigenvalue weighted by atomic mass is 10.1. The van der Waals surface area contributed by atoms with E-state index in [0.29, 0.717) is 10.8 Å². The highest BCUT2D eigenvalue weighted by molar-refractivity contribution is 6.30. The molecule has 3 nitrogen and oxygen atoms in total. The standard InChI is InChI=1S/C18H15ClF3NO2/c1-23(2)11-16(25-15-9-7-14(19)8-10-15)17(24)12-3-5-13(6-4-12)18(20,21)22/h3-11H,1-2H3. The van der Waals surface area contributed by atoms with Crippen molar-refractivity contribution in [2.45, 2.75) is 6.18 Å². The number of rotatable bonds is 5. The molecule has 25 heavy (non-hydrogen) atoms. The Hall–Kier alpha value is -2.47. The molecular weight excluding hydrogens is 355 g/mol. The van der Waals surface area contributed by atoms with Gasteiger partial charge in [-0.1, -0.05) is 23.7 Å². The van der Waals surface area contributed by atoms with Crippen molar-refractivity contribution in [3.05, 3.63) is 76.6 Å². The van der Waals surface area contributed by atoms with Gasteiger partial charge in [-0.2, -0.15) is 13.2 Å². The first kappa shape index (κ1) is 18.9. The van der Waals surface area contributed by atoms with Gasteiger partial charge in [0.2, 0.25) is 5.78 Å². The van der Waals surface area contributed by atoms with Crippen molar-refractivity contribution in [2.24, 2.45) is 0 Å². The molecule has 2 aromatic carbocycles. The third-order valence-electron chi connectivity index (χ3n) is 3.12. The largest absolute Gasteiger partial charge is 0.452 e. The Balaban J connectivity index is 2.28. The normalized spacial score (nSPS) is 12.0. The molecule has 0 N–H and O–H groups in total. The summed E-state index contributed by atoms with van der Waals surface area (Å²) >= 11 is 5.81. The van der Waals surface area contributed by atoms with Crippen molar-refractivity contribution < 1.29 is 22.7 Å². The summed E-state index contributed by atoms with van der Waals surface area (Å²) in [5.74, 6) is -0.165. The predicted molar refractivity (Wildman–Crippen MR) is 89.6 cm³/mol. The highest BCUT2D eigenvalue weighted by atomic mass is 35.5. The molecule has 0 amide bonds. The zero-order chi connectivity index (χ0) is 18.6. The molecule has 0 saturated heterocycles. The van der Waals surface area contributed by atoms with E-state index in [4.69, 9.17) is 16.3 Å². The average molecular weight is 370 g/mol. The van der Waals surface area contributed by atoms with Gasteiger partial charge in [0.25, 0.3) is 0 Å². The van der Waals surface area contributed by atoms with Crippen LogP contribution in [0.15, 0.2) is 60.5 Å². The number of allylic oxidation sites excluding steroid dienone is 1. The van der Waals surface area contributed by atoms with Crippen LogP contribution in [0.1, 0.15) is 15.9 Å². The van der Waals surface area contributed by atoms with Gasteiger partial charge in [-0.3, -0.25) is 4.79 Å². The molecular formula is C18H15ClF3NO2. The van der Waals surface area contributed by atoms with Crippen LogP contribution in [0, 0.1) is 0 Å². The lowest BCUT2D eigenvalue weighted by Crippen LogP contribution is -2.15. The lowest BCUT2D eigenvalue weighted by Gasteiger charge is -2.13. The van der Waals surface area contributed by atoms with Gasteiger partial charge in [-0.15, -0.1) is 0 Å². The quantitative estimate of drug-likeness (QED) is 0.421. The van der Waals surface area contributed by atoms with Gasteiger partial charge in [0, 0.05) is 30.9 Å². The van der Waals surface area contributed by atoms with Gasteiger partial charge in [0.05, 0.1) is 5.56 Å². The second-order valence-electron chi connectivity index (χ2n) is 5.42. The first-order chi connectivity index (χ1) is 11.7. The summed E-state index contributed by atoms with van der Waals surface area (Å²) in [5, 5.41) is 0.513. The van der Waals surface area contributed by atoms with Gasteiger partial charge in [0.15, 0.2) is 5.76 Å². The summed E-state index contributed by atoms with van der Waals surface area (Å²) in [7, 11) is 3.40. The number of carbonyl (C=O) groups excluding carboxylic acids is 1. The van der Waals surface area contributed by atoms with E-state index < -0.39 is 17.5 Å². The molecule has 0 radical (unpaired) electrons. The highest BCUT2D eigenvalue weighted by Gasteiger charge is 2.30. The number of carbonyl (C=O) groups is 1. The molecule has 0 unspecified atom stereocenters. The van der Waals surface area contributed by atoms with Crippen molar-refractivity contribution in [3.8, 4) is 5.75 Å². The van der Waals surface area contributed by atoms with Crippen molar-refractivity contribution in [1.82, 2.24) is 4.90 Å². The number of hydrogen-bond acceptors (Lipinski definition) is 3. The van der Waals surface area contributed by atoms with Crippen molar-refractivity contribution in [1.29, 1.82) is 0 Å². The zero-order valence-corrected chi connectivity index (χ0v) is 14.2. The molecule has 0 atom stereocenters. The van der Waals surface area contributed by atoms with E-state index in [0.717, 1.165) is 24.3 Å². The number of ether oxygens (including phenoxy) is 1. The summed E-state index contributed by atoms with van der Waals surface area (Å²) in [6.07, 6.45) is -3.00. The lowest BCUT2D eigenvalue weighted by molar-refractivity contribution is -0.137. The van der Waals surface area contributed by atoms with Crippen LogP contribution < -0.4 is 4.74 Å². The average Bonchev–Trinajstić information content (AvgIpc) is 2.54. The van der Waals surface area contributed by atoms with Gasteiger partial charge < -0.3 is 9.64 Å². The SMILES string of the molecule is CN(C)C=C(Oc1ccc(Cl)cc1)C(=O)c1ccc(C(F)(F)F)cc1. The fraction of sp³-hybridized carbons (Fsp3) is 0.167. The maximum atomic E-state index is 12.6. The predicted octanol–water partition coefficient (Wildman–Crippen LogP) is 5.02. The Bertz CT molecular complexity index is 766. The molecule has 2 rings (SSSR count). The molecule has 0 fully saturated rings. The minimum absolute atomic E-state index is 0.0212. The number of hydrogen-bond donors (Lipinski definition) is 0. The maximum absolute atomic E-state index is 12.6. The van der Waals surface area contributed by atoms with E-state index in [1.54, 1.807) is 43.3 Å². The molecule has 7 heteroatoms. The van der Waals surface area contributed by atoms with Crippen molar-refractivity contribution >= 4 is 17.4 Å². The summed E-state index contributed by atoms with van der Waals surface area (Å²) in [5.41, 5.74) is -0.726. The number of nitrogens with zero attached hydrogens (tertiary/aromatic N) is 1. The van der Waals surface area contributed by atoms with E-state index in [-0.39, 0.29) is 11.3 Å². The molecule has 0 heterocycles. The number of ketones is 1. The van der Waals surface area contributed by atoms with Crippen LogP contribution in [-0.2, 0) is 6.18 Å². The van der Waals surface area contributed by atoms with Crippen molar-refractivity contribution in [3.63, 3.8) is 0 Å². The van der Waals surface area contributed by atoms with Crippen molar-refractivity contribution in [2.75, 3.05) is 14.1 Å². The highest BCUT2D eigenvalue weighted by Crippen LogP contribution is 2.29. The molecule has 0 bridgehead atoms. The fourth-order valence-electron chi connectivity index (χ4n) is 1.95. The number of alkyl halides is 3. The molecule has 0 aliphatic rings. The Morgan fingerprint density at radius 3 is 2.08 bits per heavy atom. The maximum Gasteiger partial charge on any atom is 0.416 e. The molecule has 0 aliphatic heterocycles. The van der Waals surface area contributed by atoms with E-state index in [1.807, 2.05) is 0 Å². The summed E-state index contributed by atoms with van der Waals surface area (Å²) < 4.78 is 43.5. The van der Waals surface area contributed by atoms with Crippen LogP contribution in [0.5, 0.6) is 5.75 Å². The fourth-order valence-corrected chi connectivity index (χ4v) is 2.07. The summed E-state index contributed by atoms with van der Waals surface area (Å²) in [6, 6.07) is 10.4. The van der Waals surface area contributed by atoms with Crippen LogP contribution in [-0.4, -0.2) is 24.8 Å². The van der Waals surface area contributed by atoms with Gasteiger partial charge in [-0.25, -0.2) is 0 Å². The molecule has 132 valence electrons. The smallest absolute Gasteiger partial charge is 0.416 e. The molecule has 2 aromatic rings. The summed E-state index contributed by atoms with van der Waals surface area (Å²) in [6.45, 7) is 0. The van der Waals surface area contributed by atoms with Gasteiger partial charge >= 0.3 is 6.18 Å². The third-order valence-corrected chi connectivity index (χ3v) is 3.37. The van der Waals surface area contributed by atoms with Gasteiger partial charge in [0.1, 0.15) is 5.75 Å². The summed E-state index contributed by atoms with van der Waals surface area (Å²) in [4.78, 5) is 14.2. The van der Waals surface area contributed by atoms with E-state index in [9.17, 15) is 18.0 Å². The topological polar surface area (TPSA) is 29.5 Å². The first-order valence-electron chi connectivity index (χ1n) is 7.20. The minimum Gasteiger partial charge on any atom is -0.452 e. The zero-order valence-electron chi connectivity index (χ0n) is 13.5. The van der Waals surface area contributed by atoms with Crippen LogP contribution in [0.4, 0.5) is 13.2 Å². The molecule has 0 spiro atoms. The Morgan fingerprint density at radius 2 is 1.60 bits per heavy atom. The number of benzene rings is 2. The molecule has 0 aromatic heterocycles. The first-order valence-corrected chi connectivity index (χ1v) is 7.58. The van der Waals surface area contributed by atoms with Gasteiger partial charge in [-0.05, 0) is 36.4 Å². The molecule has 0 saturated carbocycles. The second kappa shape index (κ2) is 7.61. The Morgan fingerprint density at radius 1 is 1.04 bits per heavy atom. The van der Waals surface area contributed by atoms with Crippen LogP contribution in [0.3, 0.4) is 0 Å². The van der Waals surface area contributed by atoms with Crippen LogP contribution in [0.2, 0.25) is 5.02 Å². The number of halogens is 4. The molecule has 0 aliphatic carbocycles.